The lowest BCUT2D eigenvalue weighted by Crippen LogP contribution is -2.54. The molecule has 28 heavy (non-hydrogen) atoms. The molecule has 2 bridgehead atoms. The van der Waals surface area contributed by atoms with Crippen LogP contribution >= 0.6 is 0 Å². The summed E-state index contributed by atoms with van der Waals surface area (Å²) < 4.78 is 31.0. The van der Waals surface area contributed by atoms with E-state index < -0.39 is 27.5 Å². The van der Waals surface area contributed by atoms with Crippen LogP contribution in [0.2, 0.25) is 0 Å². The molecule has 3 fully saturated rings. The molecular weight excluding hydrogens is 382 g/mol. The van der Waals surface area contributed by atoms with Crippen LogP contribution in [0.4, 0.5) is 0 Å². The van der Waals surface area contributed by atoms with Gasteiger partial charge in [0.05, 0.1) is 30.7 Å². The number of hydrogen-bond acceptors (Lipinski definition) is 5. The van der Waals surface area contributed by atoms with E-state index in [1.54, 1.807) is 4.90 Å². The van der Waals surface area contributed by atoms with Crippen molar-refractivity contribution in [3.8, 4) is 0 Å². The van der Waals surface area contributed by atoms with E-state index >= 15 is 0 Å². The predicted molar refractivity (Wildman–Crippen MR) is 103 cm³/mol. The summed E-state index contributed by atoms with van der Waals surface area (Å²) in [5.41, 5.74) is -0.726. The molecule has 0 aromatic carbocycles. The number of piperazine rings is 1. The van der Waals surface area contributed by atoms with Crippen molar-refractivity contribution in [1.82, 2.24) is 14.1 Å². The van der Waals surface area contributed by atoms with Crippen LogP contribution in [0.15, 0.2) is 12.2 Å². The van der Waals surface area contributed by atoms with Gasteiger partial charge in [0.25, 0.3) is 0 Å². The fourth-order valence-electron chi connectivity index (χ4n) is 5.02. The normalized spacial score (nSPS) is 35.7. The van der Waals surface area contributed by atoms with Gasteiger partial charge in [-0.15, -0.1) is 0 Å². The summed E-state index contributed by atoms with van der Waals surface area (Å²) in [5.74, 6) is -1.10. The van der Waals surface area contributed by atoms with Crippen molar-refractivity contribution < 1.29 is 22.7 Å². The number of likely N-dealkylation sites (tertiary alicyclic amines) is 1. The average molecular weight is 412 g/mol. The number of carbonyl (C=O) groups excluding carboxylic acids is 2. The highest BCUT2D eigenvalue weighted by Crippen LogP contribution is 2.52. The number of nitrogens with zero attached hydrogens (tertiary/aromatic N) is 3. The van der Waals surface area contributed by atoms with E-state index in [1.807, 2.05) is 17.1 Å². The molecule has 0 radical (unpaired) electrons. The maximum atomic E-state index is 13.3. The predicted octanol–water partition coefficient (Wildman–Crippen LogP) is -0.0817. The van der Waals surface area contributed by atoms with Gasteiger partial charge in [0.1, 0.15) is 5.60 Å². The molecule has 1 spiro atoms. The van der Waals surface area contributed by atoms with Gasteiger partial charge in [0.2, 0.25) is 21.8 Å². The SMILES string of the molecule is CC(C)(C)CN1C[C@]23C=C[C@H](O2)[C@H](C(=O)N2CCN(S(C)(=O)=O)CC2)[C@H]3C1=O. The van der Waals surface area contributed by atoms with E-state index in [2.05, 4.69) is 20.8 Å². The lowest BCUT2D eigenvalue weighted by Gasteiger charge is -2.36. The highest BCUT2D eigenvalue weighted by Gasteiger charge is 2.67. The van der Waals surface area contributed by atoms with Crippen LogP contribution < -0.4 is 0 Å². The Morgan fingerprint density at radius 3 is 2.46 bits per heavy atom. The topological polar surface area (TPSA) is 87.2 Å². The fourth-order valence-corrected chi connectivity index (χ4v) is 5.84. The Morgan fingerprint density at radius 1 is 1.25 bits per heavy atom. The van der Waals surface area contributed by atoms with Crippen molar-refractivity contribution in [2.45, 2.75) is 32.5 Å². The van der Waals surface area contributed by atoms with E-state index in [0.29, 0.717) is 39.3 Å². The van der Waals surface area contributed by atoms with Crippen LogP contribution in [-0.4, -0.2) is 91.6 Å². The molecule has 3 saturated heterocycles. The molecule has 0 unspecified atom stereocenters. The number of rotatable bonds is 3. The first-order valence-corrected chi connectivity index (χ1v) is 11.7. The Kier molecular flexibility index (Phi) is 4.45. The highest BCUT2D eigenvalue weighted by molar-refractivity contribution is 7.88. The van der Waals surface area contributed by atoms with E-state index in [1.165, 1.54) is 10.6 Å². The van der Waals surface area contributed by atoms with Crippen LogP contribution in [0.1, 0.15) is 20.8 Å². The van der Waals surface area contributed by atoms with Crippen LogP contribution in [0.5, 0.6) is 0 Å². The Labute approximate surface area is 166 Å². The standard InChI is InChI=1S/C19H29N3O5S/c1-18(2,3)11-21-12-19-6-5-13(27-19)14(15(19)17(21)24)16(23)20-7-9-22(10-8-20)28(4,25)26/h5-6,13-15H,7-12H2,1-4H3/t13-,14-,15-,19-/m0/s1. The first-order chi connectivity index (χ1) is 12.9. The third-order valence-electron chi connectivity index (χ3n) is 6.15. The Morgan fingerprint density at radius 2 is 1.89 bits per heavy atom. The molecule has 0 saturated carbocycles. The van der Waals surface area contributed by atoms with Gasteiger partial charge < -0.3 is 14.5 Å². The molecule has 0 aliphatic carbocycles. The van der Waals surface area contributed by atoms with Gasteiger partial charge in [0, 0.05) is 32.7 Å². The molecular formula is C19H29N3O5S. The molecule has 4 heterocycles. The molecule has 0 N–H and O–H groups in total. The molecule has 4 aliphatic heterocycles. The van der Waals surface area contributed by atoms with Crippen LogP contribution in [0.25, 0.3) is 0 Å². The molecule has 4 atom stereocenters. The fraction of sp³-hybridized carbons (Fsp3) is 0.789. The minimum absolute atomic E-state index is 0.00473. The Hall–Kier alpha value is -1.45. The van der Waals surface area contributed by atoms with Gasteiger partial charge in [-0.1, -0.05) is 32.9 Å². The minimum atomic E-state index is -3.25. The van der Waals surface area contributed by atoms with Gasteiger partial charge in [-0.2, -0.15) is 4.31 Å². The maximum Gasteiger partial charge on any atom is 0.230 e. The summed E-state index contributed by atoms with van der Waals surface area (Å²) in [4.78, 5) is 30.0. The van der Waals surface area contributed by atoms with Crippen LogP contribution in [-0.2, 0) is 24.3 Å². The molecule has 0 aromatic heterocycles. The first kappa shape index (κ1) is 19.8. The van der Waals surface area contributed by atoms with Crippen molar-refractivity contribution >= 4 is 21.8 Å². The minimum Gasteiger partial charge on any atom is -0.360 e. The lowest BCUT2D eigenvalue weighted by atomic mass is 9.76. The number of sulfonamides is 1. The zero-order chi connectivity index (χ0) is 20.5. The number of ether oxygens (including phenoxy) is 1. The van der Waals surface area contributed by atoms with E-state index in [4.69, 9.17) is 4.74 Å². The third kappa shape index (κ3) is 3.17. The summed E-state index contributed by atoms with van der Waals surface area (Å²) in [6, 6.07) is 0. The van der Waals surface area contributed by atoms with Crippen molar-refractivity contribution in [1.29, 1.82) is 0 Å². The van der Waals surface area contributed by atoms with Crippen LogP contribution in [0, 0.1) is 17.3 Å². The van der Waals surface area contributed by atoms with E-state index in [9.17, 15) is 18.0 Å². The molecule has 0 aromatic rings. The molecule has 8 nitrogen and oxygen atoms in total. The number of amides is 2. The Balaban J connectivity index is 1.51. The molecule has 156 valence electrons. The smallest absolute Gasteiger partial charge is 0.230 e. The monoisotopic (exact) mass is 411 g/mol. The first-order valence-electron chi connectivity index (χ1n) is 9.81. The zero-order valence-corrected chi connectivity index (χ0v) is 17.7. The zero-order valence-electron chi connectivity index (χ0n) is 16.9. The van der Waals surface area contributed by atoms with E-state index in [-0.39, 0.29) is 23.3 Å². The second kappa shape index (κ2) is 6.27. The number of hydrogen-bond donors (Lipinski definition) is 0. The Bertz CT molecular complexity index is 825. The quantitative estimate of drug-likeness (QED) is 0.606. The second-order valence-corrected chi connectivity index (χ2v) is 11.6. The number of carbonyl (C=O) groups is 2. The van der Waals surface area contributed by atoms with E-state index in [0.717, 1.165) is 0 Å². The van der Waals surface area contributed by atoms with Gasteiger partial charge >= 0.3 is 0 Å². The maximum absolute atomic E-state index is 13.3. The molecule has 4 rings (SSSR count). The van der Waals surface area contributed by atoms with Gasteiger partial charge in [-0.25, -0.2) is 8.42 Å². The summed E-state index contributed by atoms with van der Waals surface area (Å²) >= 11 is 0. The van der Waals surface area contributed by atoms with Gasteiger partial charge in [-0.05, 0) is 5.41 Å². The van der Waals surface area contributed by atoms with Gasteiger partial charge in [0.15, 0.2) is 0 Å². The third-order valence-corrected chi connectivity index (χ3v) is 7.45. The average Bonchev–Trinajstić information content (AvgIpc) is 3.21. The molecule has 9 heteroatoms. The lowest BCUT2D eigenvalue weighted by molar-refractivity contribution is -0.144. The van der Waals surface area contributed by atoms with Gasteiger partial charge in [-0.3, -0.25) is 9.59 Å². The number of fused-ring (bicyclic) bond motifs is 1. The molecule has 4 aliphatic rings. The van der Waals surface area contributed by atoms with Crippen molar-refractivity contribution in [3.05, 3.63) is 12.2 Å². The summed E-state index contributed by atoms with van der Waals surface area (Å²) in [5, 5.41) is 0. The summed E-state index contributed by atoms with van der Waals surface area (Å²) in [6.07, 6.45) is 4.70. The van der Waals surface area contributed by atoms with Crippen molar-refractivity contribution in [2.75, 3.05) is 45.5 Å². The molecule has 2 amide bonds. The second-order valence-electron chi connectivity index (χ2n) is 9.64. The van der Waals surface area contributed by atoms with Crippen molar-refractivity contribution in [2.24, 2.45) is 17.3 Å². The van der Waals surface area contributed by atoms with Crippen molar-refractivity contribution in [3.63, 3.8) is 0 Å². The highest BCUT2D eigenvalue weighted by atomic mass is 32.2. The summed E-state index contributed by atoms with van der Waals surface area (Å²) in [6.45, 7) is 8.65. The van der Waals surface area contributed by atoms with Crippen LogP contribution in [0.3, 0.4) is 0 Å². The largest absolute Gasteiger partial charge is 0.360 e. The summed E-state index contributed by atoms with van der Waals surface area (Å²) in [7, 11) is -3.25.